The number of aromatic amines is 1. The van der Waals surface area contributed by atoms with Crippen LogP contribution in [0.5, 0.6) is 0 Å². The van der Waals surface area contributed by atoms with Gasteiger partial charge in [0, 0.05) is 24.2 Å². The Labute approximate surface area is 87.2 Å². The van der Waals surface area contributed by atoms with Crippen molar-refractivity contribution in [2.45, 2.75) is 0 Å². The van der Waals surface area contributed by atoms with E-state index in [9.17, 15) is 4.79 Å². The lowest BCUT2D eigenvalue weighted by molar-refractivity contribution is 1.23. The number of aromatic nitrogens is 2. The summed E-state index contributed by atoms with van der Waals surface area (Å²) in [6.07, 6.45) is 4.95. The van der Waals surface area contributed by atoms with Gasteiger partial charge >= 0.3 is 0 Å². The van der Waals surface area contributed by atoms with Gasteiger partial charge in [0.2, 0.25) is 0 Å². The first-order valence-electron chi connectivity index (χ1n) is 3.96. The molecule has 4 heteroatoms. The average molecular weight is 209 g/mol. The Kier molecular flexibility index (Phi) is 3.42. The van der Waals surface area contributed by atoms with Crippen LogP contribution in [0.15, 0.2) is 47.7 Å². The van der Waals surface area contributed by atoms with Crippen LogP contribution < -0.4 is 5.56 Å². The second kappa shape index (κ2) is 4.58. The Bertz CT molecular complexity index is 453. The fourth-order valence-corrected chi connectivity index (χ4v) is 1.18. The molecule has 0 unspecified atom stereocenters. The minimum absolute atomic E-state index is 0. The van der Waals surface area contributed by atoms with Crippen LogP contribution in [-0.4, -0.2) is 9.97 Å². The van der Waals surface area contributed by atoms with E-state index in [0.29, 0.717) is 5.56 Å². The zero-order valence-electron chi connectivity index (χ0n) is 7.31. The van der Waals surface area contributed by atoms with Crippen molar-refractivity contribution in [2.75, 3.05) is 0 Å². The van der Waals surface area contributed by atoms with E-state index >= 15 is 0 Å². The Hall–Kier alpha value is -1.61. The summed E-state index contributed by atoms with van der Waals surface area (Å²) in [5.74, 6) is 0. The fourth-order valence-electron chi connectivity index (χ4n) is 1.18. The maximum atomic E-state index is 11.3. The van der Waals surface area contributed by atoms with Crippen molar-refractivity contribution >= 4 is 12.4 Å². The molecule has 2 heterocycles. The third kappa shape index (κ3) is 2.00. The molecule has 0 aliphatic carbocycles. The fraction of sp³-hybridized carbons (Fsp3) is 0. The molecule has 2 aromatic rings. The normalized spacial score (nSPS) is 9.14. The van der Waals surface area contributed by atoms with E-state index in [1.54, 1.807) is 30.7 Å². The van der Waals surface area contributed by atoms with Gasteiger partial charge in [-0.3, -0.25) is 9.78 Å². The van der Waals surface area contributed by atoms with Crippen LogP contribution in [0.3, 0.4) is 0 Å². The molecule has 0 radical (unpaired) electrons. The number of nitrogens with one attached hydrogen (secondary N) is 1. The van der Waals surface area contributed by atoms with Gasteiger partial charge in [0.05, 0.1) is 0 Å². The maximum absolute atomic E-state index is 11.3. The molecule has 0 aliphatic heterocycles. The molecule has 0 bridgehead atoms. The lowest BCUT2D eigenvalue weighted by atomic mass is 10.1. The third-order valence-electron chi connectivity index (χ3n) is 1.81. The minimum atomic E-state index is -0.0753. The molecule has 0 saturated heterocycles. The molecule has 72 valence electrons. The number of H-pyrrole nitrogens is 1. The molecule has 0 fully saturated rings. The van der Waals surface area contributed by atoms with E-state index < -0.39 is 0 Å². The monoisotopic (exact) mass is 208 g/mol. The quantitative estimate of drug-likeness (QED) is 0.778. The van der Waals surface area contributed by atoms with Gasteiger partial charge in [0.1, 0.15) is 0 Å². The molecule has 0 aliphatic rings. The van der Waals surface area contributed by atoms with Gasteiger partial charge in [-0.1, -0.05) is 0 Å². The molecule has 2 aromatic heterocycles. The standard InChI is InChI=1S/C10H8N2O.ClH/c13-10-9(2-1-5-12-10)8-3-6-11-7-4-8;/h1-7H,(H,12,13);1H. The molecule has 3 nitrogen and oxygen atoms in total. The van der Waals surface area contributed by atoms with Crippen LogP contribution >= 0.6 is 12.4 Å². The Morgan fingerprint density at radius 2 is 1.86 bits per heavy atom. The predicted molar refractivity (Wildman–Crippen MR) is 57.5 cm³/mol. The number of hydrogen-bond donors (Lipinski definition) is 1. The molecule has 0 atom stereocenters. The number of pyridine rings is 2. The highest BCUT2D eigenvalue weighted by molar-refractivity contribution is 5.85. The minimum Gasteiger partial charge on any atom is -0.329 e. The SMILES string of the molecule is Cl.O=c1[nH]cccc1-c1ccncc1. The highest BCUT2D eigenvalue weighted by Crippen LogP contribution is 2.11. The first-order chi connectivity index (χ1) is 6.38. The van der Waals surface area contributed by atoms with Crippen LogP contribution in [0.1, 0.15) is 0 Å². The van der Waals surface area contributed by atoms with Crippen molar-refractivity contribution in [3.05, 3.63) is 53.2 Å². The third-order valence-corrected chi connectivity index (χ3v) is 1.81. The second-order valence-corrected chi connectivity index (χ2v) is 2.65. The zero-order valence-corrected chi connectivity index (χ0v) is 8.12. The van der Waals surface area contributed by atoms with Crippen molar-refractivity contribution in [3.63, 3.8) is 0 Å². The van der Waals surface area contributed by atoms with Crippen molar-refractivity contribution in [1.29, 1.82) is 0 Å². The van der Waals surface area contributed by atoms with E-state index in [1.165, 1.54) is 0 Å². The number of hydrogen-bond acceptors (Lipinski definition) is 2. The molecule has 0 amide bonds. The summed E-state index contributed by atoms with van der Waals surface area (Å²) in [7, 11) is 0. The van der Waals surface area contributed by atoms with Crippen LogP contribution in [-0.2, 0) is 0 Å². The van der Waals surface area contributed by atoms with E-state index in [0.717, 1.165) is 5.56 Å². The highest BCUT2D eigenvalue weighted by atomic mass is 35.5. The molecule has 0 aromatic carbocycles. The van der Waals surface area contributed by atoms with Crippen LogP contribution in [0.2, 0.25) is 0 Å². The maximum Gasteiger partial charge on any atom is 0.255 e. The molecular formula is C10H9ClN2O. The summed E-state index contributed by atoms with van der Waals surface area (Å²) in [4.78, 5) is 17.9. The van der Waals surface area contributed by atoms with Gasteiger partial charge in [0.25, 0.3) is 5.56 Å². The van der Waals surface area contributed by atoms with Gasteiger partial charge in [-0.15, -0.1) is 12.4 Å². The van der Waals surface area contributed by atoms with Crippen molar-refractivity contribution in [3.8, 4) is 11.1 Å². The first-order valence-corrected chi connectivity index (χ1v) is 3.96. The zero-order chi connectivity index (χ0) is 9.10. The van der Waals surface area contributed by atoms with E-state index in [4.69, 9.17) is 0 Å². The van der Waals surface area contributed by atoms with Gasteiger partial charge in [0.15, 0.2) is 0 Å². The largest absolute Gasteiger partial charge is 0.329 e. The van der Waals surface area contributed by atoms with Crippen LogP contribution in [0.4, 0.5) is 0 Å². The lowest BCUT2D eigenvalue weighted by Gasteiger charge is -1.97. The second-order valence-electron chi connectivity index (χ2n) is 2.65. The van der Waals surface area contributed by atoms with Gasteiger partial charge < -0.3 is 4.98 Å². The first kappa shape index (κ1) is 10.5. The van der Waals surface area contributed by atoms with Crippen molar-refractivity contribution in [2.24, 2.45) is 0 Å². The van der Waals surface area contributed by atoms with E-state index in [-0.39, 0.29) is 18.0 Å². The molecule has 0 saturated carbocycles. The van der Waals surface area contributed by atoms with Crippen molar-refractivity contribution in [1.82, 2.24) is 9.97 Å². The van der Waals surface area contributed by atoms with E-state index in [1.807, 2.05) is 12.1 Å². The van der Waals surface area contributed by atoms with Gasteiger partial charge in [-0.2, -0.15) is 0 Å². The van der Waals surface area contributed by atoms with Crippen LogP contribution in [0, 0.1) is 0 Å². The summed E-state index contributed by atoms with van der Waals surface area (Å²) >= 11 is 0. The smallest absolute Gasteiger partial charge is 0.255 e. The number of rotatable bonds is 1. The Morgan fingerprint density at radius 3 is 2.50 bits per heavy atom. The van der Waals surface area contributed by atoms with Crippen molar-refractivity contribution < 1.29 is 0 Å². The van der Waals surface area contributed by atoms with E-state index in [2.05, 4.69) is 9.97 Å². The molecular weight excluding hydrogens is 200 g/mol. The summed E-state index contributed by atoms with van der Waals surface area (Å²) in [6, 6.07) is 7.21. The predicted octanol–water partition coefficient (Wildman–Crippen LogP) is 1.86. The summed E-state index contributed by atoms with van der Waals surface area (Å²) < 4.78 is 0. The number of halogens is 1. The van der Waals surface area contributed by atoms with Gasteiger partial charge in [-0.05, 0) is 29.8 Å². The molecule has 1 N–H and O–H groups in total. The Balaban J connectivity index is 0.000000980. The number of nitrogens with zero attached hydrogens (tertiary/aromatic N) is 1. The lowest BCUT2D eigenvalue weighted by Crippen LogP contribution is -2.06. The highest BCUT2D eigenvalue weighted by Gasteiger charge is 1.99. The topological polar surface area (TPSA) is 45.8 Å². The summed E-state index contributed by atoms with van der Waals surface area (Å²) in [5, 5.41) is 0. The Morgan fingerprint density at radius 1 is 1.14 bits per heavy atom. The summed E-state index contributed by atoms with van der Waals surface area (Å²) in [6.45, 7) is 0. The van der Waals surface area contributed by atoms with Gasteiger partial charge in [-0.25, -0.2) is 0 Å². The molecule has 0 spiro atoms. The summed E-state index contributed by atoms with van der Waals surface area (Å²) in [5.41, 5.74) is 1.48. The molecule has 2 rings (SSSR count). The molecule has 14 heavy (non-hydrogen) atoms. The van der Waals surface area contributed by atoms with Crippen LogP contribution in [0.25, 0.3) is 11.1 Å². The average Bonchev–Trinajstić information content (AvgIpc) is 2.20.